The van der Waals surface area contributed by atoms with Gasteiger partial charge in [-0.15, -0.1) is 0 Å². The van der Waals surface area contributed by atoms with Crippen LogP contribution in [-0.4, -0.2) is 41.0 Å². The maximum Gasteiger partial charge on any atom is 0.469 e. The zero-order valence-corrected chi connectivity index (χ0v) is 29.0. The second-order valence-electron chi connectivity index (χ2n) is 11.8. The van der Waals surface area contributed by atoms with Crippen LogP contribution in [0.5, 0.6) is 0 Å². The third kappa shape index (κ3) is 33.4. The third-order valence-electron chi connectivity index (χ3n) is 7.45. The van der Waals surface area contributed by atoms with E-state index >= 15 is 0 Å². The molecule has 0 saturated carbocycles. The van der Waals surface area contributed by atoms with Gasteiger partial charge in [-0.1, -0.05) is 141 Å². The van der Waals surface area contributed by atoms with Gasteiger partial charge in [0.15, 0.2) is 6.10 Å². The molecule has 258 valence electrons. The van der Waals surface area contributed by atoms with Crippen molar-refractivity contribution >= 4 is 19.8 Å². The topological polar surface area (TPSA) is 119 Å². The van der Waals surface area contributed by atoms with Crippen molar-refractivity contribution in [3.05, 3.63) is 24.3 Å². The van der Waals surface area contributed by atoms with Crippen LogP contribution in [0.3, 0.4) is 0 Å². The number of esters is 2. The summed E-state index contributed by atoms with van der Waals surface area (Å²) < 4.78 is 26.2. The SMILES string of the molecule is CCC/C=C\C/C=C\CCCCCCCC(=O)OC(COC(=O)CCCCCCCCCCCCCCC)COP(=O)(O)O. The molecule has 44 heavy (non-hydrogen) atoms. The summed E-state index contributed by atoms with van der Waals surface area (Å²) in [7, 11) is -4.75. The van der Waals surface area contributed by atoms with Gasteiger partial charge >= 0.3 is 19.8 Å². The first-order valence-corrected chi connectivity index (χ1v) is 19.2. The Morgan fingerprint density at radius 3 is 1.59 bits per heavy atom. The molecule has 0 amide bonds. The molecule has 0 aliphatic rings. The lowest BCUT2D eigenvalue weighted by atomic mass is 10.0. The normalized spacial score (nSPS) is 12.7. The quantitative estimate of drug-likeness (QED) is 0.0321. The van der Waals surface area contributed by atoms with Crippen LogP contribution in [0.2, 0.25) is 0 Å². The lowest BCUT2D eigenvalue weighted by Gasteiger charge is -2.18. The van der Waals surface area contributed by atoms with Gasteiger partial charge in [0.25, 0.3) is 0 Å². The molecule has 0 bridgehead atoms. The van der Waals surface area contributed by atoms with E-state index in [1.54, 1.807) is 0 Å². The summed E-state index contributed by atoms with van der Waals surface area (Å²) >= 11 is 0. The summed E-state index contributed by atoms with van der Waals surface area (Å²) in [6, 6.07) is 0. The monoisotopic (exact) mass is 644 g/mol. The summed E-state index contributed by atoms with van der Waals surface area (Å²) in [5.41, 5.74) is 0. The van der Waals surface area contributed by atoms with Crippen molar-refractivity contribution < 1.29 is 37.9 Å². The molecule has 9 heteroatoms. The maximum absolute atomic E-state index is 12.3. The maximum atomic E-state index is 12.3. The molecule has 0 aromatic heterocycles. The highest BCUT2D eigenvalue weighted by Crippen LogP contribution is 2.36. The predicted octanol–water partition coefficient (Wildman–Crippen LogP) is 10.1. The molecule has 0 radical (unpaired) electrons. The molecule has 1 unspecified atom stereocenters. The molecule has 2 N–H and O–H groups in total. The number of unbranched alkanes of at least 4 members (excludes halogenated alkanes) is 18. The lowest BCUT2D eigenvalue weighted by Crippen LogP contribution is -2.29. The molecule has 8 nitrogen and oxygen atoms in total. The summed E-state index contributed by atoms with van der Waals surface area (Å²) in [5, 5.41) is 0. The molecule has 0 rings (SSSR count). The minimum Gasteiger partial charge on any atom is -0.462 e. The lowest BCUT2D eigenvalue weighted by molar-refractivity contribution is -0.161. The fraction of sp³-hybridized carbons (Fsp3) is 0.829. The van der Waals surface area contributed by atoms with Crippen molar-refractivity contribution in [2.75, 3.05) is 13.2 Å². The van der Waals surface area contributed by atoms with Crippen molar-refractivity contribution in [3.63, 3.8) is 0 Å². The van der Waals surface area contributed by atoms with Crippen LogP contribution in [0.4, 0.5) is 0 Å². The smallest absolute Gasteiger partial charge is 0.462 e. The van der Waals surface area contributed by atoms with Crippen LogP contribution >= 0.6 is 7.82 Å². The first-order valence-electron chi connectivity index (χ1n) is 17.6. The average molecular weight is 645 g/mol. The van der Waals surface area contributed by atoms with Gasteiger partial charge in [0.05, 0.1) is 6.61 Å². The zero-order chi connectivity index (χ0) is 32.6. The number of carbonyl (C=O) groups excluding carboxylic acids is 2. The molecule has 0 aromatic carbocycles. The second kappa shape index (κ2) is 31.5. The number of carbonyl (C=O) groups is 2. The summed E-state index contributed by atoms with van der Waals surface area (Å²) in [6.45, 7) is 3.59. The van der Waals surface area contributed by atoms with Gasteiger partial charge in [-0.3, -0.25) is 14.1 Å². The fourth-order valence-corrected chi connectivity index (χ4v) is 5.18. The van der Waals surface area contributed by atoms with Crippen molar-refractivity contribution in [3.8, 4) is 0 Å². The van der Waals surface area contributed by atoms with E-state index < -0.39 is 32.5 Å². The van der Waals surface area contributed by atoms with Crippen molar-refractivity contribution in [2.24, 2.45) is 0 Å². The fourth-order valence-electron chi connectivity index (χ4n) is 4.82. The molecule has 0 saturated heterocycles. The van der Waals surface area contributed by atoms with E-state index in [0.29, 0.717) is 6.42 Å². The molecule has 0 fully saturated rings. The number of allylic oxidation sites excluding steroid dienone is 4. The predicted molar refractivity (Wildman–Crippen MR) is 179 cm³/mol. The Balaban J connectivity index is 4.00. The van der Waals surface area contributed by atoms with E-state index in [0.717, 1.165) is 64.2 Å². The van der Waals surface area contributed by atoms with Gasteiger partial charge in [0, 0.05) is 12.8 Å². The van der Waals surface area contributed by atoms with Gasteiger partial charge in [0.2, 0.25) is 0 Å². The van der Waals surface area contributed by atoms with E-state index in [4.69, 9.17) is 19.3 Å². The standard InChI is InChI=1S/C35H65O8P/c1-3-5-7-9-11-13-15-17-19-21-23-25-27-29-34(36)41-31-33(32-42-44(38,39)40)43-35(37)30-28-26-24-22-20-18-16-14-12-10-8-6-4-2/h8,10,14,16,33H,3-7,9,11-13,15,17-32H2,1-2H3,(H2,38,39,40)/b10-8-,16-14-. The molecule has 0 spiro atoms. The second-order valence-corrected chi connectivity index (χ2v) is 13.1. The van der Waals surface area contributed by atoms with Crippen LogP contribution in [0.15, 0.2) is 24.3 Å². The first kappa shape index (κ1) is 42.5. The molecule has 0 aromatic rings. The van der Waals surface area contributed by atoms with E-state index in [-0.39, 0.29) is 19.4 Å². The van der Waals surface area contributed by atoms with Crippen molar-refractivity contribution in [2.45, 2.75) is 174 Å². The van der Waals surface area contributed by atoms with Crippen LogP contribution in [-0.2, 0) is 28.2 Å². The van der Waals surface area contributed by atoms with Crippen LogP contribution < -0.4 is 0 Å². The Kier molecular flexibility index (Phi) is 30.5. The zero-order valence-electron chi connectivity index (χ0n) is 28.1. The highest BCUT2D eigenvalue weighted by molar-refractivity contribution is 7.46. The first-order chi connectivity index (χ1) is 21.3. The van der Waals surface area contributed by atoms with Gasteiger partial charge in [-0.2, -0.15) is 0 Å². The number of phosphoric ester groups is 1. The summed E-state index contributed by atoms with van der Waals surface area (Å²) in [6.07, 6.45) is 33.3. The molecular formula is C35H65O8P. The Labute approximate surface area is 269 Å². The number of rotatable bonds is 32. The van der Waals surface area contributed by atoms with Crippen LogP contribution in [0, 0.1) is 0 Å². The number of hydrogen-bond acceptors (Lipinski definition) is 6. The number of phosphoric acid groups is 1. The highest BCUT2D eigenvalue weighted by atomic mass is 31.2. The summed E-state index contributed by atoms with van der Waals surface area (Å²) in [4.78, 5) is 42.6. The van der Waals surface area contributed by atoms with Crippen molar-refractivity contribution in [1.82, 2.24) is 0 Å². The molecule has 0 aliphatic heterocycles. The van der Waals surface area contributed by atoms with Gasteiger partial charge in [-0.25, -0.2) is 4.57 Å². The molecule has 0 heterocycles. The number of hydrogen-bond donors (Lipinski definition) is 2. The Morgan fingerprint density at radius 2 is 1.07 bits per heavy atom. The largest absolute Gasteiger partial charge is 0.469 e. The molecular weight excluding hydrogens is 579 g/mol. The Bertz CT molecular complexity index is 777. The minimum atomic E-state index is -4.75. The van der Waals surface area contributed by atoms with E-state index in [9.17, 15) is 14.2 Å². The number of ether oxygens (including phenoxy) is 2. The summed E-state index contributed by atoms with van der Waals surface area (Å²) in [5.74, 6) is -0.899. The van der Waals surface area contributed by atoms with E-state index in [2.05, 4.69) is 42.7 Å². The minimum absolute atomic E-state index is 0.198. The van der Waals surface area contributed by atoms with Gasteiger partial charge in [0.1, 0.15) is 6.61 Å². The van der Waals surface area contributed by atoms with Crippen LogP contribution in [0.25, 0.3) is 0 Å². The third-order valence-corrected chi connectivity index (χ3v) is 7.94. The highest BCUT2D eigenvalue weighted by Gasteiger charge is 2.22. The van der Waals surface area contributed by atoms with E-state index in [1.807, 2.05) is 0 Å². The Hall–Kier alpha value is -1.47. The van der Waals surface area contributed by atoms with Crippen LogP contribution in [0.1, 0.15) is 168 Å². The van der Waals surface area contributed by atoms with Gasteiger partial charge in [-0.05, 0) is 38.5 Å². The van der Waals surface area contributed by atoms with E-state index in [1.165, 1.54) is 70.6 Å². The van der Waals surface area contributed by atoms with Crippen molar-refractivity contribution in [1.29, 1.82) is 0 Å². The Morgan fingerprint density at radius 1 is 0.591 bits per heavy atom. The average Bonchev–Trinajstić information content (AvgIpc) is 2.98. The van der Waals surface area contributed by atoms with Gasteiger partial charge < -0.3 is 19.3 Å². The molecule has 0 aliphatic carbocycles. The molecule has 1 atom stereocenters.